The van der Waals surface area contributed by atoms with E-state index in [4.69, 9.17) is 5.73 Å². The molecule has 0 radical (unpaired) electrons. The molecule has 2 N–H and O–H groups in total. The largest absolute Gasteiger partial charge is 0.397 e. The Labute approximate surface area is 108 Å². The van der Waals surface area contributed by atoms with Crippen LogP contribution in [-0.2, 0) is 0 Å². The topological polar surface area (TPSA) is 32.5 Å². The number of piperazine rings is 1. The summed E-state index contributed by atoms with van der Waals surface area (Å²) in [4.78, 5) is 4.73. The monoisotopic (exact) mass is 251 g/mol. The van der Waals surface area contributed by atoms with Crippen LogP contribution in [0.5, 0.6) is 0 Å². The van der Waals surface area contributed by atoms with Crippen molar-refractivity contribution in [2.24, 2.45) is 0 Å². The third kappa shape index (κ3) is 3.13. The quantitative estimate of drug-likeness (QED) is 0.834. The molecular weight excluding hydrogens is 229 g/mol. The van der Waals surface area contributed by atoms with Crippen LogP contribution in [0.25, 0.3) is 0 Å². The summed E-state index contributed by atoms with van der Waals surface area (Å²) < 4.78 is 13.0. The number of hydrogen-bond donors (Lipinski definition) is 1. The molecule has 0 aromatic heterocycles. The first-order chi connectivity index (χ1) is 8.70. The van der Waals surface area contributed by atoms with Crippen molar-refractivity contribution in [1.29, 1.82) is 0 Å². The molecule has 1 saturated heterocycles. The summed E-state index contributed by atoms with van der Waals surface area (Å²) in [5.41, 5.74) is 7.38. The molecule has 0 spiro atoms. The Hall–Kier alpha value is -1.29. The number of unbranched alkanes of at least 4 members (excludes halogenated alkanes) is 1. The fourth-order valence-corrected chi connectivity index (χ4v) is 2.41. The minimum atomic E-state index is -0.266. The summed E-state index contributed by atoms with van der Waals surface area (Å²) >= 11 is 0. The van der Waals surface area contributed by atoms with Crippen LogP contribution in [0.2, 0.25) is 0 Å². The molecule has 1 aromatic rings. The van der Waals surface area contributed by atoms with Gasteiger partial charge in [0.05, 0.1) is 11.4 Å². The predicted octanol–water partition coefficient (Wildman–Crippen LogP) is 2.33. The van der Waals surface area contributed by atoms with Crippen molar-refractivity contribution in [1.82, 2.24) is 4.90 Å². The SMILES string of the molecule is CCCCN1CCN(c2ccc(F)cc2N)CC1. The molecule has 0 aliphatic carbocycles. The zero-order valence-corrected chi connectivity index (χ0v) is 11.0. The van der Waals surface area contributed by atoms with Gasteiger partial charge >= 0.3 is 0 Å². The summed E-state index contributed by atoms with van der Waals surface area (Å²) in [5.74, 6) is -0.266. The van der Waals surface area contributed by atoms with Gasteiger partial charge in [-0.3, -0.25) is 4.90 Å². The highest BCUT2D eigenvalue weighted by atomic mass is 19.1. The van der Waals surface area contributed by atoms with E-state index in [1.54, 1.807) is 6.07 Å². The maximum Gasteiger partial charge on any atom is 0.125 e. The first-order valence-electron chi connectivity index (χ1n) is 6.73. The fraction of sp³-hybridized carbons (Fsp3) is 0.571. The van der Waals surface area contributed by atoms with Crippen molar-refractivity contribution >= 4 is 11.4 Å². The fourth-order valence-electron chi connectivity index (χ4n) is 2.41. The molecule has 18 heavy (non-hydrogen) atoms. The molecule has 0 saturated carbocycles. The first kappa shape index (κ1) is 13.1. The van der Waals surface area contributed by atoms with Gasteiger partial charge in [-0.25, -0.2) is 4.39 Å². The zero-order valence-electron chi connectivity index (χ0n) is 11.0. The summed E-state index contributed by atoms with van der Waals surface area (Å²) in [7, 11) is 0. The Bertz CT molecular complexity index is 387. The van der Waals surface area contributed by atoms with E-state index in [-0.39, 0.29) is 5.82 Å². The van der Waals surface area contributed by atoms with Gasteiger partial charge < -0.3 is 10.6 Å². The normalized spacial score (nSPS) is 17.1. The van der Waals surface area contributed by atoms with Crippen LogP contribution in [0.15, 0.2) is 18.2 Å². The lowest BCUT2D eigenvalue weighted by Gasteiger charge is -2.36. The Kier molecular flexibility index (Phi) is 4.42. The van der Waals surface area contributed by atoms with Gasteiger partial charge in [0, 0.05) is 26.2 Å². The van der Waals surface area contributed by atoms with E-state index in [0.717, 1.165) is 31.9 Å². The minimum Gasteiger partial charge on any atom is -0.397 e. The molecule has 1 aromatic carbocycles. The number of nitrogen functional groups attached to an aromatic ring is 1. The summed E-state index contributed by atoms with van der Waals surface area (Å²) in [6, 6.07) is 4.67. The molecule has 1 aliphatic heterocycles. The number of halogens is 1. The van der Waals surface area contributed by atoms with Crippen molar-refractivity contribution in [3.05, 3.63) is 24.0 Å². The van der Waals surface area contributed by atoms with Crippen molar-refractivity contribution in [3.63, 3.8) is 0 Å². The van der Waals surface area contributed by atoms with E-state index in [1.807, 2.05) is 0 Å². The predicted molar refractivity (Wildman–Crippen MR) is 74.4 cm³/mol. The summed E-state index contributed by atoms with van der Waals surface area (Å²) in [6.07, 6.45) is 2.50. The highest BCUT2D eigenvalue weighted by Crippen LogP contribution is 2.24. The molecule has 100 valence electrons. The van der Waals surface area contributed by atoms with Crippen molar-refractivity contribution in [2.45, 2.75) is 19.8 Å². The van der Waals surface area contributed by atoms with Gasteiger partial charge in [0.25, 0.3) is 0 Å². The molecule has 1 aliphatic rings. The van der Waals surface area contributed by atoms with Crippen LogP contribution < -0.4 is 10.6 Å². The van der Waals surface area contributed by atoms with Gasteiger partial charge in [0.2, 0.25) is 0 Å². The van der Waals surface area contributed by atoms with Crippen molar-refractivity contribution in [3.8, 4) is 0 Å². The number of anilines is 2. The maximum atomic E-state index is 13.0. The average Bonchev–Trinajstić information content (AvgIpc) is 2.37. The van der Waals surface area contributed by atoms with E-state index in [2.05, 4.69) is 16.7 Å². The molecule has 0 amide bonds. The lowest BCUT2D eigenvalue weighted by atomic mass is 10.2. The van der Waals surface area contributed by atoms with Crippen LogP contribution >= 0.6 is 0 Å². The number of nitrogens with two attached hydrogens (primary N) is 1. The lowest BCUT2D eigenvalue weighted by Crippen LogP contribution is -2.46. The smallest absolute Gasteiger partial charge is 0.125 e. The molecule has 1 heterocycles. The molecule has 2 rings (SSSR count). The number of nitrogens with zero attached hydrogens (tertiary/aromatic N) is 2. The second kappa shape index (κ2) is 6.05. The summed E-state index contributed by atoms with van der Waals surface area (Å²) in [5, 5.41) is 0. The average molecular weight is 251 g/mol. The van der Waals surface area contributed by atoms with Gasteiger partial charge in [0.15, 0.2) is 0 Å². The molecule has 1 fully saturated rings. The standard InChI is InChI=1S/C14H22FN3/c1-2-3-6-17-7-9-18(10-8-17)14-5-4-12(15)11-13(14)16/h4-5,11H,2-3,6-10,16H2,1H3. The number of hydrogen-bond acceptors (Lipinski definition) is 3. The van der Waals surface area contributed by atoms with Crippen molar-refractivity contribution in [2.75, 3.05) is 43.4 Å². The molecule has 0 bridgehead atoms. The van der Waals surface area contributed by atoms with Gasteiger partial charge in [-0.15, -0.1) is 0 Å². The van der Waals surface area contributed by atoms with Gasteiger partial charge in [0.1, 0.15) is 5.82 Å². The lowest BCUT2D eigenvalue weighted by molar-refractivity contribution is 0.254. The van der Waals surface area contributed by atoms with Gasteiger partial charge in [-0.05, 0) is 31.2 Å². The van der Waals surface area contributed by atoms with E-state index < -0.39 is 0 Å². The Morgan fingerprint density at radius 1 is 1.22 bits per heavy atom. The molecular formula is C14H22FN3. The second-order valence-electron chi connectivity index (χ2n) is 4.89. The van der Waals surface area contributed by atoms with Crippen LogP contribution in [-0.4, -0.2) is 37.6 Å². The van der Waals surface area contributed by atoms with E-state index in [0.29, 0.717) is 5.69 Å². The highest BCUT2D eigenvalue weighted by molar-refractivity contribution is 5.67. The van der Waals surface area contributed by atoms with E-state index in [9.17, 15) is 4.39 Å². The molecule has 0 unspecified atom stereocenters. The highest BCUT2D eigenvalue weighted by Gasteiger charge is 2.18. The van der Waals surface area contributed by atoms with Gasteiger partial charge in [-0.2, -0.15) is 0 Å². The molecule has 3 nitrogen and oxygen atoms in total. The number of rotatable bonds is 4. The molecule has 0 atom stereocenters. The number of benzene rings is 1. The summed E-state index contributed by atoms with van der Waals surface area (Å²) in [6.45, 7) is 7.48. The van der Waals surface area contributed by atoms with Crippen LogP contribution in [0, 0.1) is 5.82 Å². The minimum absolute atomic E-state index is 0.266. The van der Waals surface area contributed by atoms with Crippen LogP contribution in [0.3, 0.4) is 0 Å². The Morgan fingerprint density at radius 3 is 2.56 bits per heavy atom. The maximum absolute atomic E-state index is 13.0. The van der Waals surface area contributed by atoms with E-state index >= 15 is 0 Å². The molecule has 4 heteroatoms. The third-order valence-electron chi connectivity index (χ3n) is 3.53. The Balaban J connectivity index is 1.93. The second-order valence-corrected chi connectivity index (χ2v) is 4.89. The van der Waals surface area contributed by atoms with Crippen LogP contribution in [0.1, 0.15) is 19.8 Å². The van der Waals surface area contributed by atoms with E-state index in [1.165, 1.54) is 31.5 Å². The van der Waals surface area contributed by atoms with Crippen LogP contribution in [0.4, 0.5) is 15.8 Å². The zero-order chi connectivity index (χ0) is 13.0. The third-order valence-corrected chi connectivity index (χ3v) is 3.53. The van der Waals surface area contributed by atoms with Gasteiger partial charge in [-0.1, -0.05) is 13.3 Å². The Morgan fingerprint density at radius 2 is 1.94 bits per heavy atom. The van der Waals surface area contributed by atoms with Crippen molar-refractivity contribution < 1.29 is 4.39 Å². The first-order valence-corrected chi connectivity index (χ1v) is 6.73.